The first-order valence-corrected chi connectivity index (χ1v) is 7.41. The largest absolute Gasteiger partial charge is 0.310 e. The van der Waals surface area contributed by atoms with Crippen molar-refractivity contribution < 1.29 is 0 Å². The molecule has 0 fully saturated rings. The Morgan fingerprint density at radius 2 is 2.21 bits per heavy atom. The maximum absolute atomic E-state index is 4.23. The van der Waals surface area contributed by atoms with Crippen LogP contribution in [-0.2, 0) is 19.3 Å². The van der Waals surface area contributed by atoms with Crippen LogP contribution in [0.25, 0.3) is 0 Å². The monoisotopic (exact) mass is 276 g/mol. The minimum absolute atomic E-state index is 0.509. The van der Waals surface area contributed by atoms with E-state index in [-0.39, 0.29) is 0 Å². The second-order valence-electron chi connectivity index (χ2n) is 4.77. The molecule has 102 valence electrons. The zero-order chi connectivity index (χ0) is 13.7. The molecule has 1 N–H and O–H groups in total. The number of thioether (sulfide) groups is 1. The molecule has 1 heterocycles. The Bertz CT molecular complexity index is 522. The van der Waals surface area contributed by atoms with Crippen molar-refractivity contribution in [2.75, 3.05) is 0 Å². The summed E-state index contributed by atoms with van der Waals surface area (Å²) in [7, 11) is 1.92. The molecule has 1 aromatic heterocycles. The SMILES string of the molecule is CC(C)NCc1cccc(SCc2ncnn2C)c1. The van der Waals surface area contributed by atoms with Gasteiger partial charge in [-0.2, -0.15) is 5.10 Å². The van der Waals surface area contributed by atoms with E-state index in [2.05, 4.69) is 53.5 Å². The first kappa shape index (κ1) is 14.1. The van der Waals surface area contributed by atoms with Crippen LogP contribution in [0.4, 0.5) is 0 Å². The first-order valence-electron chi connectivity index (χ1n) is 6.43. The van der Waals surface area contributed by atoms with E-state index in [1.54, 1.807) is 18.1 Å². The molecule has 0 saturated carbocycles. The number of aryl methyl sites for hydroxylation is 1. The van der Waals surface area contributed by atoms with Gasteiger partial charge in [0.1, 0.15) is 12.2 Å². The lowest BCUT2D eigenvalue weighted by Gasteiger charge is -2.09. The number of benzene rings is 1. The highest BCUT2D eigenvalue weighted by Gasteiger charge is 2.03. The van der Waals surface area contributed by atoms with Crippen LogP contribution >= 0.6 is 11.8 Å². The van der Waals surface area contributed by atoms with Crippen molar-refractivity contribution >= 4 is 11.8 Å². The smallest absolute Gasteiger partial charge is 0.138 e. The van der Waals surface area contributed by atoms with Gasteiger partial charge in [0.05, 0.1) is 5.75 Å². The molecular formula is C14H20N4S. The average molecular weight is 276 g/mol. The van der Waals surface area contributed by atoms with Gasteiger partial charge >= 0.3 is 0 Å². The fourth-order valence-electron chi connectivity index (χ4n) is 1.67. The Morgan fingerprint density at radius 1 is 1.37 bits per heavy atom. The Kier molecular flexibility index (Phi) is 4.99. The Balaban J connectivity index is 1.93. The van der Waals surface area contributed by atoms with Crippen molar-refractivity contribution in [3.8, 4) is 0 Å². The standard InChI is InChI=1S/C14H20N4S/c1-11(2)15-8-12-5-4-6-13(7-12)19-9-14-16-10-17-18(14)3/h4-7,10-11,15H,8-9H2,1-3H3. The van der Waals surface area contributed by atoms with E-state index >= 15 is 0 Å². The van der Waals surface area contributed by atoms with Crippen LogP contribution in [0.5, 0.6) is 0 Å². The molecule has 0 radical (unpaired) electrons. The molecule has 2 rings (SSSR count). The number of hydrogen-bond donors (Lipinski definition) is 1. The van der Waals surface area contributed by atoms with Crippen LogP contribution in [0.3, 0.4) is 0 Å². The third-order valence-electron chi connectivity index (χ3n) is 2.79. The molecule has 0 unspecified atom stereocenters. The van der Waals surface area contributed by atoms with E-state index in [1.165, 1.54) is 10.5 Å². The number of aromatic nitrogens is 3. The van der Waals surface area contributed by atoms with Crippen LogP contribution in [0.1, 0.15) is 25.2 Å². The normalized spacial score (nSPS) is 11.2. The van der Waals surface area contributed by atoms with E-state index in [9.17, 15) is 0 Å². The third-order valence-corrected chi connectivity index (χ3v) is 3.78. The van der Waals surface area contributed by atoms with Gasteiger partial charge in [-0.25, -0.2) is 4.98 Å². The lowest BCUT2D eigenvalue weighted by molar-refractivity contribution is 0.588. The fourth-order valence-corrected chi connectivity index (χ4v) is 2.63. The molecule has 19 heavy (non-hydrogen) atoms. The summed E-state index contributed by atoms with van der Waals surface area (Å²) >= 11 is 1.79. The van der Waals surface area contributed by atoms with Crippen LogP contribution in [0.15, 0.2) is 35.5 Å². The molecule has 0 spiro atoms. The van der Waals surface area contributed by atoms with E-state index < -0.39 is 0 Å². The van der Waals surface area contributed by atoms with Crippen molar-refractivity contribution in [1.82, 2.24) is 20.1 Å². The van der Waals surface area contributed by atoms with Crippen molar-refractivity contribution in [3.05, 3.63) is 42.0 Å². The molecule has 0 bridgehead atoms. The number of nitrogens with one attached hydrogen (secondary N) is 1. The van der Waals surface area contributed by atoms with E-state index in [0.717, 1.165) is 18.1 Å². The molecule has 1 aromatic carbocycles. The Morgan fingerprint density at radius 3 is 2.89 bits per heavy atom. The minimum Gasteiger partial charge on any atom is -0.310 e. The van der Waals surface area contributed by atoms with Crippen molar-refractivity contribution in [1.29, 1.82) is 0 Å². The van der Waals surface area contributed by atoms with E-state index in [0.29, 0.717) is 6.04 Å². The third kappa shape index (κ3) is 4.36. The average Bonchev–Trinajstić information content (AvgIpc) is 2.80. The summed E-state index contributed by atoms with van der Waals surface area (Å²) in [4.78, 5) is 5.50. The highest BCUT2D eigenvalue weighted by atomic mass is 32.2. The summed E-state index contributed by atoms with van der Waals surface area (Å²) in [6, 6.07) is 9.14. The summed E-state index contributed by atoms with van der Waals surface area (Å²) in [5, 5.41) is 7.51. The minimum atomic E-state index is 0.509. The second-order valence-corrected chi connectivity index (χ2v) is 5.82. The van der Waals surface area contributed by atoms with E-state index in [4.69, 9.17) is 0 Å². The van der Waals surface area contributed by atoms with Crippen LogP contribution in [-0.4, -0.2) is 20.8 Å². The lowest BCUT2D eigenvalue weighted by Crippen LogP contribution is -2.21. The van der Waals surface area contributed by atoms with Crippen molar-refractivity contribution in [2.24, 2.45) is 7.05 Å². The predicted octanol–water partition coefficient (Wildman–Crippen LogP) is 2.61. The number of nitrogens with zero attached hydrogens (tertiary/aromatic N) is 3. The van der Waals surface area contributed by atoms with E-state index in [1.807, 2.05) is 11.7 Å². The topological polar surface area (TPSA) is 42.7 Å². The Labute approximate surface area is 118 Å². The van der Waals surface area contributed by atoms with Gasteiger partial charge in [0.15, 0.2) is 0 Å². The highest BCUT2D eigenvalue weighted by Crippen LogP contribution is 2.22. The van der Waals surface area contributed by atoms with Gasteiger partial charge in [-0.1, -0.05) is 26.0 Å². The summed E-state index contributed by atoms with van der Waals surface area (Å²) in [6.07, 6.45) is 1.60. The van der Waals surface area contributed by atoms with Gasteiger partial charge in [-0.3, -0.25) is 4.68 Å². The molecule has 5 heteroatoms. The van der Waals surface area contributed by atoms with Crippen LogP contribution in [0, 0.1) is 0 Å². The second kappa shape index (κ2) is 6.73. The van der Waals surface area contributed by atoms with Gasteiger partial charge in [-0.15, -0.1) is 11.8 Å². The maximum Gasteiger partial charge on any atom is 0.138 e. The maximum atomic E-state index is 4.23. The molecule has 0 saturated heterocycles. The number of rotatable bonds is 6. The molecule has 0 amide bonds. The Hall–Kier alpha value is -1.33. The molecule has 0 atom stereocenters. The molecule has 0 aliphatic carbocycles. The summed E-state index contributed by atoms with van der Waals surface area (Å²) < 4.78 is 1.82. The predicted molar refractivity (Wildman–Crippen MR) is 79.0 cm³/mol. The highest BCUT2D eigenvalue weighted by molar-refractivity contribution is 7.98. The van der Waals surface area contributed by atoms with Crippen molar-refractivity contribution in [3.63, 3.8) is 0 Å². The van der Waals surface area contributed by atoms with Crippen LogP contribution in [0.2, 0.25) is 0 Å². The lowest BCUT2D eigenvalue weighted by atomic mass is 10.2. The summed E-state index contributed by atoms with van der Waals surface area (Å²) in [5.41, 5.74) is 1.32. The zero-order valence-corrected chi connectivity index (χ0v) is 12.4. The van der Waals surface area contributed by atoms with Gasteiger partial charge in [0, 0.05) is 24.5 Å². The molecule has 0 aliphatic rings. The summed E-state index contributed by atoms with van der Waals surface area (Å²) in [5.74, 6) is 1.84. The van der Waals surface area contributed by atoms with Gasteiger partial charge in [-0.05, 0) is 17.7 Å². The molecule has 4 nitrogen and oxygen atoms in total. The van der Waals surface area contributed by atoms with Gasteiger partial charge < -0.3 is 5.32 Å². The molecule has 2 aromatic rings. The van der Waals surface area contributed by atoms with Gasteiger partial charge in [0.2, 0.25) is 0 Å². The fraction of sp³-hybridized carbons (Fsp3) is 0.429. The van der Waals surface area contributed by atoms with Crippen LogP contribution < -0.4 is 5.32 Å². The van der Waals surface area contributed by atoms with Crippen molar-refractivity contribution in [2.45, 2.75) is 37.1 Å². The number of hydrogen-bond acceptors (Lipinski definition) is 4. The first-order chi connectivity index (χ1) is 9.15. The zero-order valence-electron chi connectivity index (χ0n) is 11.6. The quantitative estimate of drug-likeness (QED) is 0.824. The molecular weight excluding hydrogens is 256 g/mol. The molecule has 0 aliphatic heterocycles. The summed E-state index contributed by atoms with van der Waals surface area (Å²) in [6.45, 7) is 5.23. The van der Waals surface area contributed by atoms with Gasteiger partial charge in [0.25, 0.3) is 0 Å².